The first-order valence-corrected chi connectivity index (χ1v) is 6.76. The highest BCUT2D eigenvalue weighted by Crippen LogP contribution is 2.35. The molecule has 1 heterocycles. The van der Waals surface area contributed by atoms with Crippen LogP contribution in [0.3, 0.4) is 0 Å². The number of rotatable bonds is 1. The molecule has 94 valence electrons. The van der Waals surface area contributed by atoms with Crippen molar-refractivity contribution in [3.8, 4) is 0 Å². The van der Waals surface area contributed by atoms with Gasteiger partial charge in [0.2, 0.25) is 0 Å². The van der Waals surface area contributed by atoms with E-state index in [4.69, 9.17) is 0 Å². The van der Waals surface area contributed by atoms with E-state index in [9.17, 15) is 10.2 Å². The van der Waals surface area contributed by atoms with Gasteiger partial charge in [0.15, 0.2) is 0 Å². The van der Waals surface area contributed by atoms with E-state index in [1.165, 1.54) is 0 Å². The van der Waals surface area contributed by atoms with E-state index >= 15 is 0 Å². The van der Waals surface area contributed by atoms with Gasteiger partial charge in [-0.25, -0.2) is 0 Å². The molecule has 0 bridgehead atoms. The van der Waals surface area contributed by atoms with Crippen LogP contribution in [-0.2, 0) is 0 Å². The molecule has 1 saturated heterocycles. The van der Waals surface area contributed by atoms with Crippen molar-refractivity contribution in [3.63, 3.8) is 0 Å². The van der Waals surface area contributed by atoms with E-state index in [-0.39, 0.29) is 18.2 Å². The standard InChI is InChI=1S/C13H24NO2/c1-8-6-10(7-9(2)13(8)16)12-11(15)4-3-5-14-12/h8-14,16H,3-7H2,1-2H3/q-1/p+1. The van der Waals surface area contributed by atoms with Crippen molar-refractivity contribution < 1.29 is 15.5 Å². The van der Waals surface area contributed by atoms with Gasteiger partial charge in [-0.15, -0.1) is 0 Å². The monoisotopic (exact) mass is 227 g/mol. The largest absolute Gasteiger partial charge is 0.848 e. The van der Waals surface area contributed by atoms with Crippen LogP contribution in [0.4, 0.5) is 0 Å². The van der Waals surface area contributed by atoms with Gasteiger partial charge in [-0.1, -0.05) is 26.4 Å². The Bertz CT molecular complexity index is 222. The lowest BCUT2D eigenvalue weighted by Gasteiger charge is -2.44. The van der Waals surface area contributed by atoms with E-state index in [0.717, 1.165) is 32.2 Å². The van der Waals surface area contributed by atoms with Crippen molar-refractivity contribution in [2.24, 2.45) is 17.8 Å². The third kappa shape index (κ3) is 2.41. The summed E-state index contributed by atoms with van der Waals surface area (Å²) in [5.41, 5.74) is 0. The Morgan fingerprint density at radius 1 is 1.19 bits per heavy atom. The minimum Gasteiger partial charge on any atom is -0.848 e. The Kier molecular flexibility index (Phi) is 3.88. The molecule has 1 aliphatic heterocycles. The molecule has 0 spiro atoms. The minimum absolute atomic E-state index is 0.162. The lowest BCUT2D eigenvalue weighted by molar-refractivity contribution is -0.735. The Hall–Kier alpha value is -0.120. The number of piperidine rings is 1. The number of aliphatic hydroxyl groups is 1. The lowest BCUT2D eigenvalue weighted by Crippen LogP contribution is -2.97. The third-order valence-corrected chi connectivity index (χ3v) is 4.62. The molecule has 0 aromatic rings. The maximum absolute atomic E-state index is 12.0. The molecule has 4 atom stereocenters. The molecule has 3 nitrogen and oxygen atoms in total. The van der Waals surface area contributed by atoms with Crippen LogP contribution in [0.5, 0.6) is 0 Å². The molecule has 0 aromatic heterocycles. The number of hydrogen-bond acceptors (Lipinski definition) is 2. The normalized spacial score (nSPS) is 50.2. The Balaban J connectivity index is 1.98. The first kappa shape index (κ1) is 12.3. The zero-order chi connectivity index (χ0) is 11.7. The molecule has 2 rings (SSSR count). The zero-order valence-electron chi connectivity index (χ0n) is 10.4. The van der Waals surface area contributed by atoms with Crippen molar-refractivity contribution in [2.45, 2.75) is 57.8 Å². The Morgan fingerprint density at radius 2 is 1.81 bits per heavy atom. The maximum atomic E-state index is 12.0. The number of hydrogen-bond donors (Lipinski definition) is 2. The molecule has 3 N–H and O–H groups in total. The highest BCUT2D eigenvalue weighted by Gasteiger charge is 2.38. The van der Waals surface area contributed by atoms with E-state index < -0.39 is 0 Å². The average molecular weight is 227 g/mol. The first-order chi connectivity index (χ1) is 7.59. The number of aliphatic hydroxyl groups excluding tert-OH is 1. The summed E-state index contributed by atoms with van der Waals surface area (Å²) in [6.07, 6.45) is 3.45. The third-order valence-electron chi connectivity index (χ3n) is 4.62. The van der Waals surface area contributed by atoms with Crippen molar-refractivity contribution in [1.82, 2.24) is 0 Å². The fourth-order valence-electron chi connectivity index (χ4n) is 3.67. The van der Waals surface area contributed by atoms with Crippen LogP contribution >= 0.6 is 0 Å². The topological polar surface area (TPSA) is 59.9 Å². The second-order valence-corrected chi connectivity index (χ2v) is 5.96. The van der Waals surface area contributed by atoms with Crippen molar-refractivity contribution >= 4 is 0 Å². The molecular weight excluding hydrogens is 202 g/mol. The van der Waals surface area contributed by atoms with Gasteiger partial charge in [-0.2, -0.15) is 0 Å². The smallest absolute Gasteiger partial charge is 0.0762 e. The summed E-state index contributed by atoms with van der Waals surface area (Å²) in [6, 6.07) is 0.270. The predicted octanol–water partition coefficient (Wildman–Crippen LogP) is -0.516. The molecule has 0 amide bonds. The molecule has 1 saturated carbocycles. The summed E-state index contributed by atoms with van der Waals surface area (Å²) in [7, 11) is 0. The summed E-state index contributed by atoms with van der Waals surface area (Å²) in [4.78, 5) is 0. The highest BCUT2D eigenvalue weighted by atomic mass is 16.3. The van der Waals surface area contributed by atoms with Gasteiger partial charge in [0, 0.05) is 5.92 Å². The van der Waals surface area contributed by atoms with Gasteiger partial charge in [0.1, 0.15) is 0 Å². The second kappa shape index (κ2) is 5.03. The average Bonchev–Trinajstić information content (AvgIpc) is 2.26. The number of nitrogens with two attached hydrogens (primary N) is 1. The van der Waals surface area contributed by atoms with Gasteiger partial charge in [-0.3, -0.25) is 0 Å². The molecule has 2 aliphatic rings. The summed E-state index contributed by atoms with van der Waals surface area (Å²) >= 11 is 0. The van der Waals surface area contributed by atoms with Crippen molar-refractivity contribution in [1.29, 1.82) is 0 Å². The second-order valence-electron chi connectivity index (χ2n) is 5.96. The SMILES string of the molecule is CC1CC(C2[NH2+]CCCC2[O-])CC(C)C1O. The molecule has 4 unspecified atom stereocenters. The number of quaternary nitrogens is 1. The van der Waals surface area contributed by atoms with Crippen LogP contribution in [0, 0.1) is 17.8 Å². The van der Waals surface area contributed by atoms with Crippen LogP contribution in [0.1, 0.15) is 39.5 Å². The van der Waals surface area contributed by atoms with Gasteiger partial charge in [-0.05, 0) is 31.1 Å². The summed E-state index contributed by atoms with van der Waals surface area (Å²) < 4.78 is 0. The molecule has 3 heteroatoms. The van der Waals surface area contributed by atoms with Crippen molar-refractivity contribution in [2.75, 3.05) is 6.54 Å². The fraction of sp³-hybridized carbons (Fsp3) is 1.00. The summed E-state index contributed by atoms with van der Waals surface area (Å²) in [5, 5.41) is 24.2. The molecule has 16 heavy (non-hydrogen) atoms. The van der Waals surface area contributed by atoms with Gasteiger partial charge >= 0.3 is 0 Å². The summed E-state index contributed by atoms with van der Waals surface area (Å²) in [6.45, 7) is 5.36. The van der Waals surface area contributed by atoms with Crippen LogP contribution in [0.15, 0.2) is 0 Å². The molecule has 0 radical (unpaired) electrons. The van der Waals surface area contributed by atoms with E-state index in [2.05, 4.69) is 19.2 Å². The van der Waals surface area contributed by atoms with E-state index in [1.807, 2.05) is 0 Å². The highest BCUT2D eigenvalue weighted by molar-refractivity contribution is 4.87. The van der Waals surface area contributed by atoms with Crippen molar-refractivity contribution in [3.05, 3.63) is 0 Å². The molecular formula is C13H25NO2. The molecule has 2 fully saturated rings. The van der Waals surface area contributed by atoms with Gasteiger partial charge in [0.25, 0.3) is 0 Å². The van der Waals surface area contributed by atoms with Crippen LogP contribution < -0.4 is 10.4 Å². The lowest BCUT2D eigenvalue weighted by atomic mass is 9.70. The quantitative estimate of drug-likeness (QED) is 0.633. The molecule has 0 aromatic carbocycles. The molecule has 1 aliphatic carbocycles. The zero-order valence-corrected chi connectivity index (χ0v) is 10.4. The Labute approximate surface area is 98.2 Å². The van der Waals surface area contributed by atoms with Crippen LogP contribution in [0.2, 0.25) is 0 Å². The predicted molar refractivity (Wildman–Crippen MR) is 60.7 cm³/mol. The Morgan fingerprint density at radius 3 is 2.38 bits per heavy atom. The van der Waals surface area contributed by atoms with Gasteiger partial charge in [0.05, 0.1) is 18.7 Å². The van der Waals surface area contributed by atoms with Crippen LogP contribution in [0.25, 0.3) is 0 Å². The van der Waals surface area contributed by atoms with Crippen LogP contribution in [-0.4, -0.2) is 29.9 Å². The summed E-state index contributed by atoms with van der Waals surface area (Å²) in [5.74, 6) is 1.24. The first-order valence-electron chi connectivity index (χ1n) is 6.76. The van der Waals surface area contributed by atoms with Gasteiger partial charge < -0.3 is 15.5 Å². The van der Waals surface area contributed by atoms with E-state index in [0.29, 0.717) is 17.8 Å². The fourth-order valence-corrected chi connectivity index (χ4v) is 3.67. The maximum Gasteiger partial charge on any atom is 0.0762 e. The van der Waals surface area contributed by atoms with E-state index in [1.54, 1.807) is 0 Å². The minimum atomic E-state index is -0.381.